The van der Waals surface area contributed by atoms with E-state index in [2.05, 4.69) is 4.74 Å². The van der Waals surface area contributed by atoms with Crippen LogP contribution in [0.1, 0.15) is 32.6 Å². The zero-order chi connectivity index (χ0) is 24.2. The number of rotatable bonds is 7. The van der Waals surface area contributed by atoms with Crippen molar-refractivity contribution in [3.8, 4) is 22.6 Å². The molecule has 0 radical (unpaired) electrons. The van der Waals surface area contributed by atoms with Crippen LogP contribution >= 0.6 is 0 Å². The van der Waals surface area contributed by atoms with Gasteiger partial charge in [0.25, 0.3) is 0 Å². The molecule has 0 aliphatic heterocycles. The molecule has 1 fully saturated rings. The standard InChI is InChI=1S/C24H21F7O2/c1-2-3-14-4-8-16(9-5-14)24(30,31)33-18-12-19(25)21(20(26)13-18)15-6-10-17(11-7-15)32-23(29)22(27)28/h2-3,6-7,10-14,16H,4-5,8-9H2,1H3/b3-2+. The summed E-state index contributed by atoms with van der Waals surface area (Å²) >= 11 is 0. The van der Waals surface area contributed by atoms with Crippen molar-refractivity contribution in [3.63, 3.8) is 0 Å². The normalized spacial score (nSPS) is 18.9. The summed E-state index contributed by atoms with van der Waals surface area (Å²) < 4.78 is 104. The first-order valence-corrected chi connectivity index (χ1v) is 10.3. The van der Waals surface area contributed by atoms with E-state index < -0.39 is 47.1 Å². The van der Waals surface area contributed by atoms with Crippen LogP contribution in [0, 0.1) is 23.5 Å². The number of hydrogen-bond acceptors (Lipinski definition) is 2. The Kier molecular flexibility index (Phi) is 7.71. The molecule has 0 amide bonds. The van der Waals surface area contributed by atoms with E-state index in [0.717, 1.165) is 24.3 Å². The van der Waals surface area contributed by atoms with Crippen molar-refractivity contribution in [1.82, 2.24) is 0 Å². The highest BCUT2D eigenvalue weighted by Crippen LogP contribution is 2.41. The SMILES string of the molecule is C/C=C/C1CCC(C(F)(F)Oc2cc(F)c(-c3ccc(OC(F)=C(F)F)cc3)c(F)c2)CC1. The molecular weight excluding hydrogens is 453 g/mol. The van der Waals surface area contributed by atoms with Crippen molar-refractivity contribution in [3.05, 3.63) is 72.3 Å². The van der Waals surface area contributed by atoms with Crippen LogP contribution < -0.4 is 9.47 Å². The molecule has 1 aliphatic rings. The molecule has 0 atom stereocenters. The molecular formula is C24H21F7O2. The first-order valence-electron chi connectivity index (χ1n) is 10.3. The third-order valence-corrected chi connectivity index (χ3v) is 5.48. The Bertz CT molecular complexity index is 997. The van der Waals surface area contributed by atoms with E-state index in [9.17, 15) is 30.7 Å². The maximum absolute atomic E-state index is 14.6. The Labute approximate surface area is 186 Å². The fraction of sp³-hybridized carbons (Fsp3) is 0.333. The van der Waals surface area contributed by atoms with Gasteiger partial charge in [-0.25, -0.2) is 8.78 Å². The van der Waals surface area contributed by atoms with Gasteiger partial charge in [-0.3, -0.25) is 0 Å². The lowest BCUT2D eigenvalue weighted by atomic mass is 9.81. The van der Waals surface area contributed by atoms with E-state index in [1.54, 1.807) is 0 Å². The number of allylic oxidation sites excluding steroid dienone is 2. The molecule has 2 nitrogen and oxygen atoms in total. The molecule has 2 aromatic rings. The molecule has 178 valence electrons. The topological polar surface area (TPSA) is 18.5 Å². The zero-order valence-electron chi connectivity index (χ0n) is 17.6. The molecule has 2 aromatic carbocycles. The lowest BCUT2D eigenvalue weighted by Crippen LogP contribution is -2.37. The van der Waals surface area contributed by atoms with Gasteiger partial charge in [0.15, 0.2) is 0 Å². The second-order valence-electron chi connectivity index (χ2n) is 7.72. The monoisotopic (exact) mass is 474 g/mol. The van der Waals surface area contributed by atoms with Crippen LogP contribution in [0.25, 0.3) is 11.1 Å². The number of ether oxygens (including phenoxy) is 2. The molecule has 3 rings (SSSR count). The van der Waals surface area contributed by atoms with E-state index in [4.69, 9.17) is 4.74 Å². The quantitative estimate of drug-likeness (QED) is 0.228. The van der Waals surface area contributed by atoms with Gasteiger partial charge in [-0.1, -0.05) is 24.3 Å². The van der Waals surface area contributed by atoms with Crippen molar-refractivity contribution in [2.75, 3.05) is 0 Å². The molecule has 0 unspecified atom stereocenters. The lowest BCUT2D eigenvalue weighted by Gasteiger charge is -2.32. The number of halogens is 7. The largest absolute Gasteiger partial charge is 0.432 e. The van der Waals surface area contributed by atoms with Crippen LogP contribution in [0.15, 0.2) is 60.6 Å². The lowest BCUT2D eigenvalue weighted by molar-refractivity contribution is -0.223. The smallest absolute Gasteiger partial charge is 0.400 e. The summed E-state index contributed by atoms with van der Waals surface area (Å²) in [5.41, 5.74) is -0.583. The Hall–Kier alpha value is -2.97. The molecule has 0 heterocycles. The minimum Gasteiger partial charge on any atom is -0.432 e. The third kappa shape index (κ3) is 6.09. The Morgan fingerprint density at radius 2 is 1.48 bits per heavy atom. The fourth-order valence-corrected chi connectivity index (χ4v) is 3.88. The zero-order valence-corrected chi connectivity index (χ0v) is 17.6. The van der Waals surface area contributed by atoms with Gasteiger partial charge < -0.3 is 9.47 Å². The second kappa shape index (κ2) is 10.3. The van der Waals surface area contributed by atoms with Gasteiger partial charge in [-0.05, 0) is 56.2 Å². The van der Waals surface area contributed by atoms with Crippen molar-refractivity contribution in [1.29, 1.82) is 0 Å². The molecule has 33 heavy (non-hydrogen) atoms. The minimum atomic E-state index is -3.59. The van der Waals surface area contributed by atoms with Crippen LogP contribution in [-0.4, -0.2) is 6.11 Å². The fourth-order valence-electron chi connectivity index (χ4n) is 3.88. The predicted molar refractivity (Wildman–Crippen MR) is 109 cm³/mol. The van der Waals surface area contributed by atoms with E-state index in [-0.39, 0.29) is 30.1 Å². The van der Waals surface area contributed by atoms with Gasteiger partial charge in [-0.15, -0.1) is 0 Å². The highest BCUT2D eigenvalue weighted by atomic mass is 19.3. The number of benzene rings is 2. The minimum absolute atomic E-state index is 0.0388. The van der Waals surface area contributed by atoms with Crippen LogP contribution in [0.5, 0.6) is 11.5 Å². The average molecular weight is 474 g/mol. The summed E-state index contributed by atoms with van der Waals surface area (Å²) in [6, 6.07) is 3.49. The van der Waals surface area contributed by atoms with Crippen molar-refractivity contribution >= 4 is 0 Å². The Morgan fingerprint density at radius 3 is 2.00 bits per heavy atom. The summed E-state index contributed by atoms with van der Waals surface area (Å²) in [6.07, 6.45) is -0.794. The van der Waals surface area contributed by atoms with Gasteiger partial charge in [-0.2, -0.15) is 22.0 Å². The van der Waals surface area contributed by atoms with Crippen LogP contribution in [0.4, 0.5) is 30.7 Å². The highest BCUT2D eigenvalue weighted by Gasteiger charge is 2.44. The molecule has 9 heteroatoms. The summed E-state index contributed by atoms with van der Waals surface area (Å²) in [5, 5.41) is 0. The van der Waals surface area contributed by atoms with Gasteiger partial charge in [0, 0.05) is 12.1 Å². The molecule has 0 bridgehead atoms. The summed E-state index contributed by atoms with van der Waals surface area (Å²) in [4.78, 5) is 0. The van der Waals surface area contributed by atoms with Gasteiger partial charge in [0.2, 0.25) is 0 Å². The highest BCUT2D eigenvalue weighted by molar-refractivity contribution is 5.66. The van der Waals surface area contributed by atoms with E-state index >= 15 is 0 Å². The summed E-state index contributed by atoms with van der Waals surface area (Å²) in [7, 11) is 0. The average Bonchev–Trinajstić information content (AvgIpc) is 2.74. The van der Waals surface area contributed by atoms with Crippen LogP contribution in [0.2, 0.25) is 0 Å². The maximum atomic E-state index is 14.6. The summed E-state index contributed by atoms with van der Waals surface area (Å²) in [5.74, 6) is -4.13. The third-order valence-electron chi connectivity index (χ3n) is 5.48. The molecule has 0 saturated heterocycles. The van der Waals surface area contributed by atoms with Gasteiger partial charge in [0.1, 0.15) is 23.1 Å². The molecule has 0 spiro atoms. The van der Waals surface area contributed by atoms with Crippen LogP contribution in [-0.2, 0) is 0 Å². The Morgan fingerprint density at radius 1 is 0.909 bits per heavy atom. The van der Waals surface area contributed by atoms with Crippen molar-refractivity contribution < 1.29 is 40.2 Å². The molecule has 1 saturated carbocycles. The van der Waals surface area contributed by atoms with E-state index in [1.807, 2.05) is 19.1 Å². The van der Waals surface area contributed by atoms with E-state index in [1.165, 1.54) is 0 Å². The molecule has 0 N–H and O–H groups in total. The molecule has 1 aliphatic carbocycles. The van der Waals surface area contributed by atoms with Crippen LogP contribution in [0.3, 0.4) is 0 Å². The first kappa shape index (κ1) is 24.7. The van der Waals surface area contributed by atoms with Crippen molar-refractivity contribution in [2.24, 2.45) is 11.8 Å². The Balaban J connectivity index is 1.74. The predicted octanol–water partition coefficient (Wildman–Crippen LogP) is 8.40. The molecule has 0 aromatic heterocycles. The summed E-state index contributed by atoms with van der Waals surface area (Å²) in [6.45, 7) is 1.86. The van der Waals surface area contributed by atoms with Crippen molar-refractivity contribution in [2.45, 2.75) is 38.7 Å². The van der Waals surface area contributed by atoms with Gasteiger partial charge >= 0.3 is 18.2 Å². The maximum Gasteiger partial charge on any atom is 0.400 e. The number of hydrogen-bond donors (Lipinski definition) is 0. The second-order valence-corrected chi connectivity index (χ2v) is 7.72. The number of alkyl halides is 2. The first-order chi connectivity index (χ1) is 15.6. The van der Waals surface area contributed by atoms with Gasteiger partial charge in [0.05, 0.1) is 11.5 Å². The van der Waals surface area contributed by atoms with E-state index in [0.29, 0.717) is 25.0 Å².